The van der Waals surface area contributed by atoms with Crippen LogP contribution in [-0.4, -0.2) is 23.2 Å². The van der Waals surface area contributed by atoms with Gasteiger partial charge in [0.25, 0.3) is 5.91 Å². The van der Waals surface area contributed by atoms with Gasteiger partial charge in [0, 0.05) is 16.7 Å². The zero-order valence-corrected chi connectivity index (χ0v) is 14.1. The SMILES string of the molecule is COc1ccc(O)c(NC(=S)NC(=O)c2ccc(C)c(Cl)c2)c1. The van der Waals surface area contributed by atoms with Crippen LogP contribution >= 0.6 is 23.8 Å². The first kappa shape index (κ1) is 17.1. The second kappa shape index (κ2) is 7.30. The van der Waals surface area contributed by atoms with Gasteiger partial charge in [-0.2, -0.15) is 0 Å². The van der Waals surface area contributed by atoms with Crippen LogP contribution in [0.5, 0.6) is 11.5 Å². The molecule has 0 radical (unpaired) electrons. The van der Waals surface area contributed by atoms with Crippen molar-refractivity contribution in [2.24, 2.45) is 0 Å². The summed E-state index contributed by atoms with van der Waals surface area (Å²) in [6.07, 6.45) is 0. The highest BCUT2D eigenvalue weighted by Gasteiger charge is 2.11. The Bertz CT molecular complexity index is 765. The number of carbonyl (C=O) groups is 1. The van der Waals surface area contributed by atoms with Crippen molar-refractivity contribution >= 4 is 40.5 Å². The minimum absolute atomic E-state index is 0.0132. The lowest BCUT2D eigenvalue weighted by Crippen LogP contribution is -2.34. The molecular formula is C16H15ClN2O3S. The highest BCUT2D eigenvalue weighted by molar-refractivity contribution is 7.80. The number of halogens is 1. The topological polar surface area (TPSA) is 70.6 Å². The number of phenolic OH excluding ortho intramolecular Hbond substituents is 1. The first-order valence-electron chi connectivity index (χ1n) is 6.66. The summed E-state index contributed by atoms with van der Waals surface area (Å²) in [7, 11) is 1.51. The summed E-state index contributed by atoms with van der Waals surface area (Å²) in [6, 6.07) is 9.61. The van der Waals surface area contributed by atoms with Crippen LogP contribution < -0.4 is 15.4 Å². The zero-order chi connectivity index (χ0) is 17.0. The van der Waals surface area contributed by atoms with E-state index in [2.05, 4.69) is 10.6 Å². The van der Waals surface area contributed by atoms with Gasteiger partial charge in [-0.15, -0.1) is 0 Å². The Labute approximate surface area is 144 Å². The summed E-state index contributed by atoms with van der Waals surface area (Å²) < 4.78 is 5.07. The molecule has 0 saturated heterocycles. The predicted octanol–water partition coefficient (Wildman–Crippen LogP) is 3.49. The van der Waals surface area contributed by atoms with Gasteiger partial charge in [-0.25, -0.2) is 0 Å². The van der Waals surface area contributed by atoms with Crippen molar-refractivity contribution in [1.82, 2.24) is 5.32 Å². The minimum Gasteiger partial charge on any atom is -0.506 e. The maximum atomic E-state index is 12.1. The fraction of sp³-hybridized carbons (Fsp3) is 0.125. The van der Waals surface area contributed by atoms with E-state index in [-0.39, 0.29) is 10.9 Å². The van der Waals surface area contributed by atoms with E-state index in [0.29, 0.717) is 22.0 Å². The fourth-order valence-electron chi connectivity index (χ4n) is 1.81. The highest BCUT2D eigenvalue weighted by atomic mass is 35.5. The molecule has 2 aromatic carbocycles. The number of phenols is 1. The summed E-state index contributed by atoms with van der Waals surface area (Å²) in [5, 5.41) is 15.6. The molecule has 7 heteroatoms. The van der Waals surface area contributed by atoms with Gasteiger partial charge >= 0.3 is 0 Å². The predicted molar refractivity (Wildman–Crippen MR) is 94.5 cm³/mol. The molecule has 0 fully saturated rings. The maximum Gasteiger partial charge on any atom is 0.257 e. The van der Waals surface area contributed by atoms with Gasteiger partial charge < -0.3 is 15.2 Å². The number of anilines is 1. The summed E-state index contributed by atoms with van der Waals surface area (Å²) in [5.41, 5.74) is 1.60. The Morgan fingerprint density at radius 1 is 1.26 bits per heavy atom. The van der Waals surface area contributed by atoms with E-state index in [9.17, 15) is 9.90 Å². The van der Waals surface area contributed by atoms with E-state index in [1.54, 1.807) is 30.3 Å². The number of aryl methyl sites for hydroxylation is 1. The Balaban J connectivity index is 2.07. The molecule has 0 spiro atoms. The van der Waals surface area contributed by atoms with Crippen LogP contribution in [0.2, 0.25) is 5.02 Å². The molecule has 2 aromatic rings. The molecule has 0 atom stereocenters. The molecule has 2 rings (SSSR count). The van der Waals surface area contributed by atoms with Gasteiger partial charge in [0.1, 0.15) is 11.5 Å². The molecule has 0 saturated carbocycles. The van der Waals surface area contributed by atoms with Crippen LogP contribution in [0.4, 0.5) is 5.69 Å². The quantitative estimate of drug-likeness (QED) is 0.584. The van der Waals surface area contributed by atoms with Crippen LogP contribution in [0.25, 0.3) is 0 Å². The van der Waals surface area contributed by atoms with Crippen molar-refractivity contribution in [3.8, 4) is 11.5 Å². The number of thiocarbonyl (C=S) groups is 1. The summed E-state index contributed by atoms with van der Waals surface area (Å²) in [6.45, 7) is 1.85. The van der Waals surface area contributed by atoms with E-state index < -0.39 is 5.91 Å². The number of aromatic hydroxyl groups is 1. The van der Waals surface area contributed by atoms with Crippen molar-refractivity contribution in [2.45, 2.75) is 6.92 Å². The van der Waals surface area contributed by atoms with Crippen LogP contribution in [0.15, 0.2) is 36.4 Å². The van der Waals surface area contributed by atoms with E-state index in [1.807, 2.05) is 6.92 Å². The lowest BCUT2D eigenvalue weighted by atomic mass is 10.1. The third-order valence-corrected chi connectivity index (χ3v) is 3.72. The van der Waals surface area contributed by atoms with Crippen molar-refractivity contribution in [3.63, 3.8) is 0 Å². The molecule has 0 bridgehead atoms. The third-order valence-electron chi connectivity index (χ3n) is 3.11. The summed E-state index contributed by atoms with van der Waals surface area (Å²) in [4.78, 5) is 12.1. The molecule has 0 heterocycles. The van der Waals surface area contributed by atoms with Crippen molar-refractivity contribution in [1.29, 1.82) is 0 Å². The Kier molecular flexibility index (Phi) is 5.41. The standard InChI is InChI=1S/C16H15ClN2O3S/c1-9-3-4-10(7-12(9)17)15(21)19-16(23)18-13-8-11(22-2)5-6-14(13)20/h3-8,20H,1-2H3,(H2,18,19,21,23). The van der Waals surface area contributed by atoms with Crippen LogP contribution in [0.1, 0.15) is 15.9 Å². The number of rotatable bonds is 3. The fourth-order valence-corrected chi connectivity index (χ4v) is 2.19. The van der Waals surface area contributed by atoms with Crippen LogP contribution in [0.3, 0.4) is 0 Å². The third kappa shape index (κ3) is 4.34. The van der Waals surface area contributed by atoms with Crippen molar-refractivity contribution in [3.05, 3.63) is 52.5 Å². The number of ether oxygens (including phenoxy) is 1. The average Bonchev–Trinajstić information content (AvgIpc) is 2.52. The van der Waals surface area contributed by atoms with Crippen LogP contribution in [0, 0.1) is 6.92 Å². The monoisotopic (exact) mass is 350 g/mol. The Hall–Kier alpha value is -2.31. The Morgan fingerprint density at radius 2 is 2.00 bits per heavy atom. The molecule has 0 aliphatic heterocycles. The number of nitrogens with one attached hydrogen (secondary N) is 2. The molecular weight excluding hydrogens is 336 g/mol. The van der Waals surface area contributed by atoms with Gasteiger partial charge in [-0.05, 0) is 49.0 Å². The van der Waals surface area contributed by atoms with E-state index in [1.165, 1.54) is 13.2 Å². The summed E-state index contributed by atoms with van der Waals surface area (Å²) >= 11 is 11.1. The molecule has 0 unspecified atom stereocenters. The normalized spacial score (nSPS) is 10.0. The first-order chi connectivity index (χ1) is 10.9. The molecule has 23 heavy (non-hydrogen) atoms. The average molecular weight is 351 g/mol. The van der Waals surface area contributed by atoms with Gasteiger partial charge in [-0.3, -0.25) is 10.1 Å². The smallest absolute Gasteiger partial charge is 0.257 e. The van der Waals surface area contributed by atoms with Gasteiger partial charge in [0.2, 0.25) is 0 Å². The minimum atomic E-state index is -0.396. The number of benzene rings is 2. The number of hydrogen-bond acceptors (Lipinski definition) is 4. The number of carbonyl (C=O) groups excluding carboxylic acids is 1. The van der Waals surface area contributed by atoms with Crippen molar-refractivity contribution < 1.29 is 14.6 Å². The van der Waals surface area contributed by atoms with E-state index >= 15 is 0 Å². The van der Waals surface area contributed by atoms with Gasteiger partial charge in [-0.1, -0.05) is 17.7 Å². The molecule has 0 aromatic heterocycles. The lowest BCUT2D eigenvalue weighted by Gasteiger charge is -2.12. The highest BCUT2D eigenvalue weighted by Crippen LogP contribution is 2.27. The molecule has 0 aliphatic carbocycles. The maximum absolute atomic E-state index is 12.1. The number of amides is 1. The lowest BCUT2D eigenvalue weighted by molar-refractivity contribution is 0.0977. The molecule has 1 amide bonds. The molecule has 120 valence electrons. The number of hydrogen-bond donors (Lipinski definition) is 3. The number of methoxy groups -OCH3 is 1. The van der Waals surface area contributed by atoms with Crippen LogP contribution in [-0.2, 0) is 0 Å². The molecule has 5 nitrogen and oxygen atoms in total. The van der Waals surface area contributed by atoms with Gasteiger partial charge in [0.05, 0.1) is 12.8 Å². The largest absolute Gasteiger partial charge is 0.506 e. The van der Waals surface area contributed by atoms with E-state index in [0.717, 1.165) is 5.56 Å². The second-order valence-corrected chi connectivity index (χ2v) is 5.57. The second-order valence-electron chi connectivity index (χ2n) is 4.76. The molecule has 0 aliphatic rings. The Morgan fingerprint density at radius 3 is 2.65 bits per heavy atom. The van der Waals surface area contributed by atoms with Gasteiger partial charge in [0.15, 0.2) is 5.11 Å². The van der Waals surface area contributed by atoms with E-state index in [4.69, 9.17) is 28.6 Å². The first-order valence-corrected chi connectivity index (χ1v) is 7.45. The summed E-state index contributed by atoms with van der Waals surface area (Å²) in [5.74, 6) is 0.136. The van der Waals surface area contributed by atoms with Crippen molar-refractivity contribution in [2.75, 3.05) is 12.4 Å². The zero-order valence-electron chi connectivity index (χ0n) is 12.5. The molecule has 3 N–H and O–H groups in total.